The van der Waals surface area contributed by atoms with Crippen molar-refractivity contribution in [2.75, 3.05) is 0 Å². The quantitative estimate of drug-likeness (QED) is 0.406. The van der Waals surface area contributed by atoms with Gasteiger partial charge in [0.25, 0.3) is 0 Å². The first-order chi connectivity index (χ1) is 3.47. The molecule has 1 saturated heterocycles. The maximum Gasteiger partial charge on any atom is 0.0876 e. The number of hydrogen-bond acceptors (Lipinski definition) is 1. The lowest BCUT2D eigenvalue weighted by Gasteiger charge is -2.41. The summed E-state index contributed by atoms with van der Waals surface area (Å²) in [4.78, 5) is 0. The fourth-order valence-electron chi connectivity index (χ4n) is 2.05. The molecule has 0 radical (unpaired) electrons. The van der Waals surface area contributed by atoms with E-state index in [1.54, 1.807) is 0 Å². The van der Waals surface area contributed by atoms with Crippen LogP contribution in [0.4, 0.5) is 0 Å². The molecule has 3 fully saturated rings. The van der Waals surface area contributed by atoms with Crippen molar-refractivity contribution in [1.82, 2.24) is 0 Å². The number of epoxide rings is 1. The minimum atomic E-state index is 0.763. The Bertz CT molecular complexity index is 107. The zero-order valence-electron chi connectivity index (χ0n) is 4.13. The predicted molar refractivity (Wildman–Crippen MR) is 24.9 cm³/mol. The lowest BCUT2D eigenvalue weighted by molar-refractivity contribution is 0.105. The third kappa shape index (κ3) is 0.177. The summed E-state index contributed by atoms with van der Waals surface area (Å²) in [5.41, 5.74) is 0. The Labute approximate surface area is 42.7 Å². The van der Waals surface area contributed by atoms with Gasteiger partial charge in [0.05, 0.1) is 12.2 Å². The van der Waals surface area contributed by atoms with Crippen LogP contribution in [0.25, 0.3) is 0 Å². The van der Waals surface area contributed by atoms with Crippen LogP contribution >= 0.6 is 0 Å². The first-order valence-corrected chi connectivity index (χ1v) is 3.12. The van der Waals surface area contributed by atoms with Crippen molar-refractivity contribution in [3.05, 3.63) is 0 Å². The number of rotatable bonds is 0. The molecule has 0 aromatic rings. The first kappa shape index (κ1) is 3.08. The zero-order valence-corrected chi connectivity index (χ0v) is 4.13. The molecule has 1 heteroatoms. The molecule has 0 bridgehead atoms. The predicted octanol–water partition coefficient (Wildman–Crippen LogP) is 0.794. The normalized spacial score (nSPS) is 72.0. The van der Waals surface area contributed by atoms with Gasteiger partial charge in [-0.05, 0) is 24.7 Å². The molecule has 0 unspecified atom stereocenters. The summed E-state index contributed by atoms with van der Waals surface area (Å²) in [6.07, 6.45) is 4.45. The molecule has 2 saturated carbocycles. The van der Waals surface area contributed by atoms with Crippen molar-refractivity contribution in [1.29, 1.82) is 0 Å². The second kappa shape index (κ2) is 0.655. The average Bonchev–Trinajstić information content (AvgIpc) is 2.14. The van der Waals surface area contributed by atoms with Crippen LogP contribution in [0.3, 0.4) is 0 Å². The summed E-state index contributed by atoms with van der Waals surface area (Å²) in [6.45, 7) is 0. The Morgan fingerprint density at radius 1 is 1.00 bits per heavy atom. The van der Waals surface area contributed by atoms with Gasteiger partial charge in [0.15, 0.2) is 0 Å². The van der Waals surface area contributed by atoms with E-state index in [2.05, 4.69) is 0 Å². The summed E-state index contributed by atoms with van der Waals surface area (Å²) < 4.78 is 5.31. The highest BCUT2D eigenvalue weighted by molar-refractivity contribution is 5.14. The van der Waals surface area contributed by atoms with Crippen molar-refractivity contribution in [3.8, 4) is 0 Å². The highest BCUT2D eigenvalue weighted by Crippen LogP contribution is 2.62. The molecule has 0 aromatic heterocycles. The zero-order chi connectivity index (χ0) is 4.43. The third-order valence-corrected chi connectivity index (χ3v) is 2.79. The largest absolute Gasteiger partial charge is 0.369 e. The monoisotopic (exact) mass is 96.1 g/mol. The number of fused-ring (bicyclic) bond motifs is 4. The van der Waals surface area contributed by atoms with Crippen molar-refractivity contribution in [3.63, 3.8) is 0 Å². The molecule has 3 rings (SSSR count). The number of hydrogen-bond donors (Lipinski definition) is 0. The van der Waals surface area contributed by atoms with Gasteiger partial charge in [0.2, 0.25) is 0 Å². The molecule has 1 aliphatic heterocycles. The van der Waals surface area contributed by atoms with Gasteiger partial charge in [-0.1, -0.05) is 0 Å². The van der Waals surface area contributed by atoms with E-state index in [9.17, 15) is 0 Å². The van der Waals surface area contributed by atoms with E-state index in [0.717, 1.165) is 24.0 Å². The van der Waals surface area contributed by atoms with Crippen LogP contribution in [0.2, 0.25) is 0 Å². The van der Waals surface area contributed by atoms with Gasteiger partial charge >= 0.3 is 0 Å². The molecule has 4 atom stereocenters. The topological polar surface area (TPSA) is 12.5 Å². The van der Waals surface area contributed by atoms with Gasteiger partial charge in [0, 0.05) is 0 Å². The van der Waals surface area contributed by atoms with Gasteiger partial charge in [-0.25, -0.2) is 0 Å². The van der Waals surface area contributed by atoms with Crippen LogP contribution in [0.15, 0.2) is 0 Å². The summed E-state index contributed by atoms with van der Waals surface area (Å²) in [5.74, 6) is 2.06. The van der Waals surface area contributed by atoms with E-state index < -0.39 is 0 Å². The first-order valence-electron chi connectivity index (χ1n) is 3.12. The Balaban J connectivity index is 1.98. The lowest BCUT2D eigenvalue weighted by Crippen LogP contribution is -2.44. The summed E-state index contributed by atoms with van der Waals surface area (Å²) in [6, 6.07) is 0. The maximum absolute atomic E-state index is 5.31. The fourth-order valence-corrected chi connectivity index (χ4v) is 2.05. The summed E-state index contributed by atoms with van der Waals surface area (Å²) in [7, 11) is 0. The van der Waals surface area contributed by atoms with Crippen LogP contribution in [-0.4, -0.2) is 12.2 Å². The summed E-state index contributed by atoms with van der Waals surface area (Å²) in [5, 5.41) is 0. The average molecular weight is 96.1 g/mol. The molecule has 0 amide bonds. The van der Waals surface area contributed by atoms with Gasteiger partial charge in [-0.2, -0.15) is 0 Å². The molecule has 1 heterocycles. The van der Waals surface area contributed by atoms with E-state index >= 15 is 0 Å². The summed E-state index contributed by atoms with van der Waals surface area (Å²) >= 11 is 0. The molecular weight excluding hydrogens is 88.1 g/mol. The van der Waals surface area contributed by atoms with Gasteiger partial charge in [-0.3, -0.25) is 0 Å². The third-order valence-electron chi connectivity index (χ3n) is 2.79. The molecule has 2 aliphatic carbocycles. The van der Waals surface area contributed by atoms with E-state index in [-0.39, 0.29) is 0 Å². The fraction of sp³-hybridized carbons (Fsp3) is 1.00. The Morgan fingerprint density at radius 2 is 1.57 bits per heavy atom. The molecule has 7 heavy (non-hydrogen) atoms. The molecule has 1 nitrogen and oxygen atoms in total. The van der Waals surface area contributed by atoms with E-state index in [0.29, 0.717) is 0 Å². The highest BCUT2D eigenvalue weighted by Gasteiger charge is 2.67. The van der Waals surface area contributed by atoms with Crippen molar-refractivity contribution in [2.24, 2.45) is 11.8 Å². The molecule has 3 aliphatic rings. The highest BCUT2D eigenvalue weighted by atomic mass is 16.6. The van der Waals surface area contributed by atoms with E-state index in [4.69, 9.17) is 4.74 Å². The van der Waals surface area contributed by atoms with Gasteiger partial charge < -0.3 is 4.74 Å². The second-order valence-electron chi connectivity index (χ2n) is 2.97. The maximum atomic E-state index is 5.31. The standard InChI is InChI=1S/C6H8O/c1-2-4-3(1)5-6(4)7-5/h3-6H,1-2H2/t3-,4+,5+,6-. The Hall–Kier alpha value is -0.0400. The molecule has 0 spiro atoms. The van der Waals surface area contributed by atoms with Crippen LogP contribution < -0.4 is 0 Å². The smallest absolute Gasteiger partial charge is 0.0876 e. The molecule has 38 valence electrons. The van der Waals surface area contributed by atoms with Crippen molar-refractivity contribution < 1.29 is 4.74 Å². The minimum absolute atomic E-state index is 0.763. The minimum Gasteiger partial charge on any atom is -0.369 e. The van der Waals surface area contributed by atoms with E-state index in [1.165, 1.54) is 12.8 Å². The van der Waals surface area contributed by atoms with Gasteiger partial charge in [-0.15, -0.1) is 0 Å². The van der Waals surface area contributed by atoms with Crippen molar-refractivity contribution >= 4 is 0 Å². The number of ether oxygens (including phenoxy) is 1. The molecule has 0 N–H and O–H groups in total. The lowest BCUT2D eigenvalue weighted by atomic mass is 9.60. The Kier molecular flexibility index (Phi) is 0.288. The molecular formula is C6H8O. The molecule has 0 aromatic carbocycles. The van der Waals surface area contributed by atoms with Crippen LogP contribution in [0.1, 0.15) is 12.8 Å². The van der Waals surface area contributed by atoms with E-state index in [1.807, 2.05) is 0 Å². The SMILES string of the molecule is C1C[C@H]2[C@@H]1[C@@H]1O[C@H]21. The van der Waals surface area contributed by atoms with Crippen LogP contribution in [0.5, 0.6) is 0 Å². The van der Waals surface area contributed by atoms with Crippen LogP contribution in [0, 0.1) is 11.8 Å². The van der Waals surface area contributed by atoms with Crippen molar-refractivity contribution in [2.45, 2.75) is 25.0 Å². The van der Waals surface area contributed by atoms with Crippen LogP contribution in [-0.2, 0) is 4.74 Å². The Morgan fingerprint density at radius 3 is 1.86 bits per heavy atom. The second-order valence-corrected chi connectivity index (χ2v) is 2.97. The van der Waals surface area contributed by atoms with Gasteiger partial charge in [0.1, 0.15) is 0 Å².